The summed E-state index contributed by atoms with van der Waals surface area (Å²) < 4.78 is 26.5. The van der Waals surface area contributed by atoms with Crippen LogP contribution in [0.25, 0.3) is 0 Å². The van der Waals surface area contributed by atoms with Gasteiger partial charge in [0.15, 0.2) is 0 Å². The number of hydrogen-bond donors (Lipinski definition) is 2. The molecule has 5 nitrogen and oxygen atoms in total. The molecule has 0 atom stereocenters. The topological polar surface area (TPSA) is 75.3 Å². The van der Waals surface area contributed by atoms with Crippen LogP contribution in [-0.4, -0.2) is 20.9 Å². The Kier molecular flexibility index (Phi) is 5.41. The zero-order chi connectivity index (χ0) is 17.0. The van der Waals surface area contributed by atoms with Crippen molar-refractivity contribution in [3.05, 3.63) is 58.6 Å². The van der Waals surface area contributed by atoms with Crippen LogP contribution in [0.1, 0.15) is 11.1 Å². The van der Waals surface area contributed by atoms with E-state index in [4.69, 9.17) is 11.6 Å². The number of amides is 1. The van der Waals surface area contributed by atoms with E-state index in [1.807, 2.05) is 26.0 Å². The molecule has 0 aromatic heterocycles. The van der Waals surface area contributed by atoms with E-state index in [9.17, 15) is 13.2 Å². The number of nitrogens with one attached hydrogen (secondary N) is 2. The molecule has 0 aliphatic rings. The zero-order valence-electron chi connectivity index (χ0n) is 12.8. The third kappa shape index (κ3) is 4.54. The van der Waals surface area contributed by atoms with E-state index >= 15 is 0 Å². The molecule has 0 aliphatic carbocycles. The van der Waals surface area contributed by atoms with Gasteiger partial charge in [0.2, 0.25) is 15.9 Å². The molecular weight excluding hydrogens is 336 g/mol. The number of aryl methyl sites for hydroxylation is 2. The molecule has 23 heavy (non-hydrogen) atoms. The van der Waals surface area contributed by atoms with E-state index in [2.05, 4.69) is 10.0 Å². The van der Waals surface area contributed by atoms with Crippen molar-refractivity contribution < 1.29 is 13.2 Å². The molecule has 0 heterocycles. The molecule has 2 aromatic carbocycles. The normalized spacial score (nSPS) is 11.3. The van der Waals surface area contributed by atoms with Crippen molar-refractivity contribution in [2.75, 3.05) is 11.9 Å². The van der Waals surface area contributed by atoms with Gasteiger partial charge in [0.1, 0.15) is 4.90 Å². The Morgan fingerprint density at radius 3 is 2.43 bits per heavy atom. The number of rotatable bonds is 5. The van der Waals surface area contributed by atoms with Gasteiger partial charge in [-0.25, -0.2) is 13.1 Å². The summed E-state index contributed by atoms with van der Waals surface area (Å²) in [4.78, 5) is 11.8. The molecule has 2 rings (SSSR count). The number of carbonyl (C=O) groups excluding carboxylic acids is 1. The van der Waals surface area contributed by atoms with Crippen LogP contribution in [0.2, 0.25) is 5.02 Å². The Bertz CT molecular complexity index is 835. The summed E-state index contributed by atoms with van der Waals surface area (Å²) in [5.74, 6) is -0.455. The lowest BCUT2D eigenvalue weighted by molar-refractivity contribution is -0.115. The Balaban J connectivity index is 2.01. The van der Waals surface area contributed by atoms with Gasteiger partial charge in [0.05, 0.1) is 11.6 Å². The molecule has 0 spiro atoms. The first-order chi connectivity index (χ1) is 10.8. The number of halogens is 1. The molecule has 122 valence electrons. The SMILES string of the molecule is Cc1ccc(NC(=O)CNS(=O)(=O)c2ccccc2Cl)cc1C. The van der Waals surface area contributed by atoms with Gasteiger partial charge in [-0.3, -0.25) is 4.79 Å². The second kappa shape index (κ2) is 7.12. The molecule has 0 radical (unpaired) electrons. The lowest BCUT2D eigenvalue weighted by Crippen LogP contribution is -2.33. The van der Waals surface area contributed by atoms with Crippen molar-refractivity contribution in [1.82, 2.24) is 4.72 Å². The maximum Gasteiger partial charge on any atom is 0.242 e. The number of anilines is 1. The summed E-state index contributed by atoms with van der Waals surface area (Å²) in [5, 5.41) is 2.76. The summed E-state index contributed by atoms with van der Waals surface area (Å²) in [7, 11) is -3.84. The summed E-state index contributed by atoms with van der Waals surface area (Å²) in [5.41, 5.74) is 2.77. The number of sulfonamides is 1. The van der Waals surface area contributed by atoms with Gasteiger partial charge < -0.3 is 5.32 Å². The maximum atomic E-state index is 12.1. The molecule has 2 N–H and O–H groups in total. The summed E-state index contributed by atoms with van der Waals surface area (Å²) in [6.45, 7) is 3.53. The highest BCUT2D eigenvalue weighted by Crippen LogP contribution is 2.20. The predicted molar refractivity (Wildman–Crippen MR) is 91.2 cm³/mol. The minimum absolute atomic E-state index is 0.0550. The van der Waals surface area contributed by atoms with Gasteiger partial charge in [-0.15, -0.1) is 0 Å². The summed E-state index contributed by atoms with van der Waals surface area (Å²) in [6, 6.07) is 11.5. The lowest BCUT2D eigenvalue weighted by Gasteiger charge is -2.10. The molecular formula is C16H17ClN2O3S. The third-order valence-corrected chi connectivity index (χ3v) is 5.24. The summed E-state index contributed by atoms with van der Waals surface area (Å²) >= 11 is 5.87. The first-order valence-electron chi connectivity index (χ1n) is 6.91. The Labute approximate surface area is 140 Å². The smallest absolute Gasteiger partial charge is 0.242 e. The second-order valence-corrected chi connectivity index (χ2v) is 7.24. The predicted octanol–water partition coefficient (Wildman–Crippen LogP) is 2.87. The highest BCUT2D eigenvalue weighted by molar-refractivity contribution is 7.89. The molecule has 0 unspecified atom stereocenters. The van der Waals surface area contributed by atoms with E-state index in [-0.39, 0.29) is 16.5 Å². The zero-order valence-corrected chi connectivity index (χ0v) is 14.3. The molecule has 7 heteroatoms. The van der Waals surface area contributed by atoms with Crippen molar-refractivity contribution in [2.24, 2.45) is 0 Å². The average molecular weight is 353 g/mol. The molecule has 2 aromatic rings. The van der Waals surface area contributed by atoms with Gasteiger partial charge >= 0.3 is 0 Å². The van der Waals surface area contributed by atoms with Gasteiger partial charge in [-0.05, 0) is 49.2 Å². The van der Waals surface area contributed by atoms with Crippen molar-refractivity contribution in [1.29, 1.82) is 0 Å². The van der Waals surface area contributed by atoms with Crippen LogP contribution in [0.4, 0.5) is 5.69 Å². The van der Waals surface area contributed by atoms with Gasteiger partial charge in [0, 0.05) is 5.69 Å². The minimum Gasteiger partial charge on any atom is -0.325 e. The van der Waals surface area contributed by atoms with E-state index in [1.165, 1.54) is 12.1 Å². The Hall–Kier alpha value is -1.89. The van der Waals surface area contributed by atoms with Crippen molar-refractivity contribution >= 4 is 33.2 Å². The van der Waals surface area contributed by atoms with E-state index in [0.29, 0.717) is 5.69 Å². The second-order valence-electron chi connectivity index (χ2n) is 5.10. The van der Waals surface area contributed by atoms with E-state index in [0.717, 1.165) is 11.1 Å². The fourth-order valence-corrected chi connectivity index (χ4v) is 3.42. The Morgan fingerprint density at radius 1 is 1.09 bits per heavy atom. The van der Waals surface area contributed by atoms with Crippen LogP contribution in [0.5, 0.6) is 0 Å². The van der Waals surface area contributed by atoms with Crippen LogP contribution >= 0.6 is 11.6 Å². The van der Waals surface area contributed by atoms with Crippen molar-refractivity contribution in [3.63, 3.8) is 0 Å². The average Bonchev–Trinajstić information content (AvgIpc) is 2.49. The fourth-order valence-electron chi connectivity index (χ4n) is 1.93. The van der Waals surface area contributed by atoms with Crippen LogP contribution in [-0.2, 0) is 14.8 Å². The Morgan fingerprint density at radius 2 is 1.78 bits per heavy atom. The molecule has 0 saturated heterocycles. The van der Waals surface area contributed by atoms with Crippen LogP contribution in [0.3, 0.4) is 0 Å². The fraction of sp³-hybridized carbons (Fsp3) is 0.188. The lowest BCUT2D eigenvalue weighted by atomic mass is 10.1. The number of carbonyl (C=O) groups is 1. The van der Waals surface area contributed by atoms with Crippen molar-refractivity contribution in [2.45, 2.75) is 18.7 Å². The highest BCUT2D eigenvalue weighted by atomic mass is 35.5. The van der Waals surface area contributed by atoms with Gasteiger partial charge in [-0.2, -0.15) is 0 Å². The van der Waals surface area contributed by atoms with Crippen LogP contribution in [0.15, 0.2) is 47.4 Å². The summed E-state index contributed by atoms with van der Waals surface area (Å²) in [6.07, 6.45) is 0. The molecule has 0 bridgehead atoms. The molecule has 1 amide bonds. The molecule has 0 fully saturated rings. The van der Waals surface area contributed by atoms with Gasteiger partial charge in [-0.1, -0.05) is 29.8 Å². The number of hydrogen-bond acceptors (Lipinski definition) is 3. The largest absolute Gasteiger partial charge is 0.325 e. The third-order valence-electron chi connectivity index (χ3n) is 3.34. The highest BCUT2D eigenvalue weighted by Gasteiger charge is 2.18. The quantitative estimate of drug-likeness (QED) is 0.868. The minimum atomic E-state index is -3.84. The maximum absolute atomic E-state index is 12.1. The van der Waals surface area contributed by atoms with Crippen LogP contribution in [0, 0.1) is 13.8 Å². The van der Waals surface area contributed by atoms with Crippen molar-refractivity contribution in [3.8, 4) is 0 Å². The van der Waals surface area contributed by atoms with E-state index < -0.39 is 15.9 Å². The molecule has 0 aliphatic heterocycles. The standard InChI is InChI=1S/C16H17ClN2O3S/c1-11-7-8-13(9-12(11)2)19-16(20)10-18-23(21,22)15-6-4-3-5-14(15)17/h3-9,18H,10H2,1-2H3,(H,19,20). The number of benzene rings is 2. The first kappa shape index (κ1) is 17.5. The molecule has 0 saturated carbocycles. The van der Waals surface area contributed by atoms with Crippen LogP contribution < -0.4 is 10.0 Å². The first-order valence-corrected chi connectivity index (χ1v) is 8.77. The van der Waals surface area contributed by atoms with E-state index in [1.54, 1.807) is 18.2 Å². The monoisotopic (exact) mass is 352 g/mol. The van der Waals surface area contributed by atoms with Gasteiger partial charge in [0.25, 0.3) is 0 Å².